The molecule has 0 unspecified atom stereocenters. The van der Waals surface area contributed by atoms with Gasteiger partial charge in [-0.05, 0) is 49.8 Å². The smallest absolute Gasteiger partial charge is 0.468 e. The molecule has 11 heteroatoms. The summed E-state index contributed by atoms with van der Waals surface area (Å²) < 4.78 is 30.9. The lowest BCUT2D eigenvalue weighted by atomic mass is 9.88. The Labute approximate surface area is 230 Å². The Morgan fingerprint density at radius 2 is 1.38 bits per heavy atom. The highest BCUT2D eigenvalue weighted by atomic mass is 16.7. The molecule has 0 radical (unpaired) electrons. The predicted octanol–water partition coefficient (Wildman–Crippen LogP) is 4.81. The fraction of sp³-hybridized carbons (Fsp3) is 0.643. The number of hydrogen-bond acceptors (Lipinski definition) is 11. The van der Waals surface area contributed by atoms with Gasteiger partial charge in [0.15, 0.2) is 11.5 Å². The maximum Gasteiger partial charge on any atom is 0.513 e. The minimum Gasteiger partial charge on any atom is -0.468 e. The number of benzene rings is 1. The lowest BCUT2D eigenvalue weighted by Gasteiger charge is -2.28. The molecule has 0 aliphatic rings. The van der Waals surface area contributed by atoms with Gasteiger partial charge in [0.25, 0.3) is 0 Å². The minimum absolute atomic E-state index is 0.0302. The second-order valence-corrected chi connectivity index (χ2v) is 10.8. The van der Waals surface area contributed by atoms with E-state index in [1.54, 1.807) is 19.9 Å². The van der Waals surface area contributed by atoms with Gasteiger partial charge in [0.1, 0.15) is 5.54 Å². The summed E-state index contributed by atoms with van der Waals surface area (Å²) in [5, 5.41) is 0. The van der Waals surface area contributed by atoms with E-state index in [1.807, 2.05) is 34.6 Å². The molecule has 0 aromatic heterocycles. The summed E-state index contributed by atoms with van der Waals surface area (Å²) in [6.07, 6.45) is -1.49. The predicted molar refractivity (Wildman–Crippen MR) is 142 cm³/mol. The van der Waals surface area contributed by atoms with Gasteiger partial charge >= 0.3 is 24.2 Å². The standard InChI is InChI=1S/C28H43NO10/c1-9-27(6,7)23(30)35-13-12-28(29,24(31)34-8)15-20-10-11-21(38-25(32)36-16-18(2)3)22(14-20)39-26(33)37-17-19(4)5/h10-11,14,18-19H,9,12-13,15-17,29H2,1-8H3/t28-/m1/s1. The van der Waals surface area contributed by atoms with Gasteiger partial charge in [-0.15, -0.1) is 0 Å². The van der Waals surface area contributed by atoms with Crippen molar-refractivity contribution < 1.29 is 47.6 Å². The molecule has 1 rings (SSSR count). The number of ether oxygens (including phenoxy) is 6. The van der Waals surface area contributed by atoms with Crippen molar-refractivity contribution in [2.45, 2.75) is 73.3 Å². The molecule has 220 valence electrons. The highest BCUT2D eigenvalue weighted by Crippen LogP contribution is 2.31. The van der Waals surface area contributed by atoms with Gasteiger partial charge in [0.05, 0.1) is 32.3 Å². The number of hydrogen-bond donors (Lipinski definition) is 1. The maximum atomic E-state index is 12.6. The van der Waals surface area contributed by atoms with Crippen molar-refractivity contribution in [3.8, 4) is 11.5 Å². The first-order valence-electron chi connectivity index (χ1n) is 13.0. The van der Waals surface area contributed by atoms with E-state index < -0.39 is 35.2 Å². The van der Waals surface area contributed by atoms with Crippen LogP contribution in [0.1, 0.15) is 66.9 Å². The van der Waals surface area contributed by atoms with Crippen LogP contribution in [0.3, 0.4) is 0 Å². The Balaban J connectivity index is 3.18. The molecular weight excluding hydrogens is 510 g/mol. The molecule has 0 amide bonds. The average Bonchev–Trinajstić information content (AvgIpc) is 2.87. The van der Waals surface area contributed by atoms with Crippen LogP contribution < -0.4 is 15.2 Å². The molecule has 2 N–H and O–H groups in total. The molecule has 0 spiro atoms. The van der Waals surface area contributed by atoms with E-state index in [2.05, 4.69) is 0 Å². The molecule has 0 saturated heterocycles. The highest BCUT2D eigenvalue weighted by Gasteiger charge is 2.37. The fourth-order valence-electron chi connectivity index (χ4n) is 3.03. The molecule has 0 saturated carbocycles. The van der Waals surface area contributed by atoms with Gasteiger partial charge in [0.2, 0.25) is 0 Å². The van der Waals surface area contributed by atoms with E-state index in [4.69, 9.17) is 34.2 Å². The molecule has 0 fully saturated rings. The van der Waals surface area contributed by atoms with Gasteiger partial charge < -0.3 is 34.2 Å². The van der Waals surface area contributed by atoms with E-state index in [9.17, 15) is 19.2 Å². The van der Waals surface area contributed by atoms with Gasteiger partial charge in [-0.2, -0.15) is 0 Å². The van der Waals surface area contributed by atoms with Crippen LogP contribution in [0.2, 0.25) is 0 Å². The summed E-state index contributed by atoms with van der Waals surface area (Å²) in [7, 11) is 1.20. The van der Waals surface area contributed by atoms with Crippen LogP contribution in [-0.2, 0) is 35.0 Å². The number of carbonyl (C=O) groups is 4. The van der Waals surface area contributed by atoms with Crippen molar-refractivity contribution in [3.05, 3.63) is 23.8 Å². The van der Waals surface area contributed by atoms with Crippen LogP contribution in [0.25, 0.3) is 0 Å². The zero-order chi connectivity index (χ0) is 29.8. The Bertz CT molecular complexity index is 989. The van der Waals surface area contributed by atoms with E-state index in [0.29, 0.717) is 12.0 Å². The molecule has 1 aromatic rings. The van der Waals surface area contributed by atoms with Crippen LogP contribution >= 0.6 is 0 Å². The third-order valence-electron chi connectivity index (χ3n) is 5.79. The topological polar surface area (TPSA) is 150 Å². The Morgan fingerprint density at radius 3 is 1.87 bits per heavy atom. The van der Waals surface area contributed by atoms with Crippen LogP contribution in [0, 0.1) is 17.3 Å². The quantitative estimate of drug-likeness (QED) is 0.192. The van der Waals surface area contributed by atoms with Crippen molar-refractivity contribution in [1.29, 1.82) is 0 Å². The molecule has 1 atom stereocenters. The van der Waals surface area contributed by atoms with Crippen molar-refractivity contribution in [2.75, 3.05) is 26.9 Å². The van der Waals surface area contributed by atoms with Crippen molar-refractivity contribution in [1.82, 2.24) is 0 Å². The third-order valence-corrected chi connectivity index (χ3v) is 5.79. The fourth-order valence-corrected chi connectivity index (χ4v) is 3.03. The normalized spacial score (nSPS) is 12.9. The second kappa shape index (κ2) is 15.3. The summed E-state index contributed by atoms with van der Waals surface area (Å²) >= 11 is 0. The highest BCUT2D eigenvalue weighted by molar-refractivity contribution is 5.81. The molecule has 0 aliphatic heterocycles. The molecular formula is C28H43NO10. The van der Waals surface area contributed by atoms with Crippen LogP contribution in [0.4, 0.5) is 9.59 Å². The second-order valence-electron chi connectivity index (χ2n) is 10.8. The number of rotatable bonds is 14. The monoisotopic (exact) mass is 553 g/mol. The van der Waals surface area contributed by atoms with Gasteiger partial charge in [0, 0.05) is 12.8 Å². The largest absolute Gasteiger partial charge is 0.513 e. The number of esters is 2. The third kappa shape index (κ3) is 11.5. The Hall–Kier alpha value is -3.34. The molecule has 39 heavy (non-hydrogen) atoms. The SMILES string of the molecule is CCC(C)(C)C(=O)OCC[C@@](N)(Cc1ccc(OC(=O)OCC(C)C)c(OC(=O)OCC(C)C)c1)C(=O)OC. The Kier molecular flexibility index (Phi) is 13.2. The Morgan fingerprint density at radius 1 is 0.846 bits per heavy atom. The first-order chi connectivity index (χ1) is 18.1. The summed E-state index contributed by atoms with van der Waals surface area (Å²) in [6.45, 7) is 13.0. The number of carbonyl (C=O) groups excluding carboxylic acids is 4. The lowest BCUT2D eigenvalue weighted by Crippen LogP contribution is -2.51. The average molecular weight is 554 g/mol. The summed E-state index contributed by atoms with van der Waals surface area (Å²) in [6, 6.07) is 4.34. The zero-order valence-corrected chi connectivity index (χ0v) is 24.3. The molecule has 0 aliphatic carbocycles. The summed E-state index contributed by atoms with van der Waals surface area (Å²) in [5.74, 6) is -1.19. The van der Waals surface area contributed by atoms with Crippen LogP contribution in [0.5, 0.6) is 11.5 Å². The van der Waals surface area contributed by atoms with Crippen molar-refractivity contribution >= 4 is 24.2 Å². The van der Waals surface area contributed by atoms with Crippen LogP contribution in [0.15, 0.2) is 18.2 Å². The van der Waals surface area contributed by atoms with Crippen LogP contribution in [-0.4, -0.2) is 56.7 Å². The first-order valence-corrected chi connectivity index (χ1v) is 13.0. The number of methoxy groups -OCH3 is 1. The molecule has 1 aromatic carbocycles. The molecule has 11 nitrogen and oxygen atoms in total. The number of nitrogens with two attached hydrogens (primary N) is 1. The van der Waals surface area contributed by atoms with Gasteiger partial charge in [-0.25, -0.2) is 9.59 Å². The maximum absolute atomic E-state index is 12.6. The molecule has 0 heterocycles. The zero-order valence-electron chi connectivity index (χ0n) is 24.3. The first kappa shape index (κ1) is 33.7. The van der Waals surface area contributed by atoms with E-state index in [-0.39, 0.29) is 56.0 Å². The molecule has 0 bridgehead atoms. The van der Waals surface area contributed by atoms with Crippen molar-refractivity contribution in [2.24, 2.45) is 23.0 Å². The lowest BCUT2D eigenvalue weighted by molar-refractivity contribution is -0.157. The summed E-state index contributed by atoms with van der Waals surface area (Å²) in [5.41, 5.74) is 4.64. The van der Waals surface area contributed by atoms with Gasteiger partial charge in [-0.3, -0.25) is 9.59 Å². The van der Waals surface area contributed by atoms with E-state index in [0.717, 1.165) is 0 Å². The summed E-state index contributed by atoms with van der Waals surface area (Å²) in [4.78, 5) is 49.4. The van der Waals surface area contributed by atoms with Gasteiger partial charge in [-0.1, -0.05) is 40.7 Å². The minimum atomic E-state index is -1.57. The van der Waals surface area contributed by atoms with Crippen molar-refractivity contribution in [3.63, 3.8) is 0 Å². The van der Waals surface area contributed by atoms with E-state index >= 15 is 0 Å². The van der Waals surface area contributed by atoms with E-state index in [1.165, 1.54) is 19.2 Å².